The van der Waals surface area contributed by atoms with Crippen LogP contribution in [-0.4, -0.2) is 38.9 Å². The van der Waals surface area contributed by atoms with Gasteiger partial charge in [0, 0.05) is 12.6 Å². The molecule has 1 N–H and O–H groups in total. The van der Waals surface area contributed by atoms with Gasteiger partial charge >= 0.3 is 0 Å². The van der Waals surface area contributed by atoms with Crippen molar-refractivity contribution in [3.05, 3.63) is 29.8 Å². The number of benzene rings is 1. The summed E-state index contributed by atoms with van der Waals surface area (Å²) in [7, 11) is -1.39. The van der Waals surface area contributed by atoms with Gasteiger partial charge in [-0.3, -0.25) is 0 Å². The van der Waals surface area contributed by atoms with Crippen molar-refractivity contribution in [2.45, 2.75) is 43.0 Å². The Bertz CT molecular complexity index is 575. The van der Waals surface area contributed by atoms with E-state index in [0.29, 0.717) is 17.4 Å². The van der Waals surface area contributed by atoms with E-state index in [4.69, 9.17) is 0 Å². The van der Waals surface area contributed by atoms with Crippen LogP contribution in [0.3, 0.4) is 0 Å². The highest BCUT2D eigenvalue weighted by molar-refractivity contribution is 7.89. The molecule has 4 nitrogen and oxygen atoms in total. The second-order valence-corrected chi connectivity index (χ2v) is 8.14. The molecular weight excluding hydrogens is 284 g/mol. The third-order valence-electron chi connectivity index (χ3n) is 4.28. The second kappa shape index (κ2) is 6.07. The molecule has 2 fully saturated rings. The van der Waals surface area contributed by atoms with Gasteiger partial charge in [0.25, 0.3) is 0 Å². The molecule has 0 radical (unpaired) electrons. The van der Waals surface area contributed by atoms with E-state index in [0.717, 1.165) is 25.8 Å². The Morgan fingerprint density at radius 2 is 1.81 bits per heavy atom. The van der Waals surface area contributed by atoms with Gasteiger partial charge in [-0.2, -0.15) is 4.31 Å². The molecule has 2 aliphatic rings. The first-order chi connectivity index (χ1) is 10.1. The topological polar surface area (TPSA) is 49.4 Å². The van der Waals surface area contributed by atoms with Gasteiger partial charge in [0.15, 0.2) is 0 Å². The lowest BCUT2D eigenvalue weighted by molar-refractivity contribution is 0.389. The molecule has 0 spiro atoms. The highest BCUT2D eigenvalue weighted by atomic mass is 32.2. The Labute approximate surface area is 127 Å². The molecule has 0 heterocycles. The number of nitrogens with zero attached hydrogens (tertiary/aromatic N) is 1. The number of hydrogen-bond donors (Lipinski definition) is 1. The van der Waals surface area contributed by atoms with Crippen LogP contribution in [0.15, 0.2) is 29.2 Å². The molecule has 5 heteroatoms. The van der Waals surface area contributed by atoms with Crippen LogP contribution < -0.4 is 5.32 Å². The Morgan fingerprint density at radius 1 is 1.14 bits per heavy atom. The molecule has 0 bridgehead atoms. The van der Waals surface area contributed by atoms with Crippen molar-refractivity contribution in [3.63, 3.8) is 0 Å². The molecule has 0 aliphatic heterocycles. The summed E-state index contributed by atoms with van der Waals surface area (Å²) in [5.41, 5.74) is 1.17. The molecule has 0 saturated heterocycles. The number of nitrogens with one attached hydrogen (secondary N) is 1. The molecule has 2 aliphatic carbocycles. The maximum Gasteiger partial charge on any atom is 0.243 e. The van der Waals surface area contributed by atoms with Crippen molar-refractivity contribution >= 4 is 10.0 Å². The second-order valence-electron chi connectivity index (χ2n) is 6.25. The predicted molar refractivity (Wildman–Crippen MR) is 83.7 cm³/mol. The summed E-state index contributed by atoms with van der Waals surface area (Å²) in [6, 6.07) is 7.66. The van der Waals surface area contributed by atoms with Crippen LogP contribution in [0.2, 0.25) is 0 Å². The first-order valence-corrected chi connectivity index (χ1v) is 9.30. The van der Waals surface area contributed by atoms with Crippen LogP contribution in [0.25, 0.3) is 0 Å². The Kier molecular flexibility index (Phi) is 4.33. The van der Waals surface area contributed by atoms with Crippen LogP contribution >= 0.6 is 0 Å². The van der Waals surface area contributed by atoms with Crippen molar-refractivity contribution in [2.24, 2.45) is 5.92 Å². The maximum atomic E-state index is 12.8. The lowest BCUT2D eigenvalue weighted by Crippen LogP contribution is -2.34. The zero-order valence-electron chi connectivity index (χ0n) is 12.6. The summed E-state index contributed by atoms with van der Waals surface area (Å²) in [5.74, 6) is 0.593. The zero-order valence-corrected chi connectivity index (χ0v) is 13.4. The smallest absolute Gasteiger partial charge is 0.243 e. The van der Waals surface area contributed by atoms with Crippen LogP contribution in [-0.2, 0) is 16.4 Å². The van der Waals surface area contributed by atoms with Crippen molar-refractivity contribution in [2.75, 3.05) is 20.1 Å². The standard InChI is InChI=1S/C16H24N2O2S/c1-17-11-10-13-4-8-16(9-5-13)21(19,20)18(15-6-7-15)12-14-2-3-14/h4-5,8-9,14-15,17H,2-3,6-7,10-12H2,1H3. The van der Waals surface area contributed by atoms with Crippen LogP contribution in [0.5, 0.6) is 0 Å². The minimum atomic E-state index is -3.31. The fourth-order valence-electron chi connectivity index (χ4n) is 2.59. The summed E-state index contributed by atoms with van der Waals surface area (Å²) in [5, 5.41) is 3.10. The third kappa shape index (κ3) is 3.65. The SMILES string of the molecule is CNCCc1ccc(S(=O)(=O)N(CC2CC2)C2CC2)cc1. The van der Waals surface area contributed by atoms with Gasteiger partial charge in [-0.15, -0.1) is 0 Å². The largest absolute Gasteiger partial charge is 0.319 e. The number of likely N-dealkylation sites (N-methyl/N-ethyl adjacent to an activating group) is 1. The lowest BCUT2D eigenvalue weighted by atomic mass is 10.1. The molecule has 2 saturated carbocycles. The Morgan fingerprint density at radius 3 is 2.33 bits per heavy atom. The van der Waals surface area contributed by atoms with E-state index >= 15 is 0 Å². The van der Waals surface area contributed by atoms with Crippen LogP contribution in [0.4, 0.5) is 0 Å². The van der Waals surface area contributed by atoms with Gasteiger partial charge in [0.2, 0.25) is 10.0 Å². The van der Waals surface area contributed by atoms with Crippen molar-refractivity contribution in [1.82, 2.24) is 9.62 Å². The fraction of sp³-hybridized carbons (Fsp3) is 0.625. The van der Waals surface area contributed by atoms with Gasteiger partial charge in [0.1, 0.15) is 0 Å². The first-order valence-electron chi connectivity index (χ1n) is 7.86. The summed E-state index contributed by atoms with van der Waals surface area (Å²) < 4.78 is 27.4. The van der Waals surface area contributed by atoms with E-state index in [2.05, 4.69) is 5.32 Å². The molecule has 0 aromatic heterocycles. The average molecular weight is 308 g/mol. The van der Waals surface area contributed by atoms with E-state index in [1.165, 1.54) is 18.4 Å². The third-order valence-corrected chi connectivity index (χ3v) is 6.22. The summed E-state index contributed by atoms with van der Waals surface area (Å²) in [4.78, 5) is 0.447. The van der Waals surface area contributed by atoms with E-state index in [1.54, 1.807) is 16.4 Å². The highest BCUT2D eigenvalue weighted by Gasteiger charge is 2.40. The summed E-state index contributed by atoms with van der Waals surface area (Å²) >= 11 is 0. The average Bonchev–Trinajstić information content (AvgIpc) is 3.36. The van der Waals surface area contributed by atoms with Gasteiger partial charge < -0.3 is 5.32 Å². The maximum absolute atomic E-state index is 12.8. The predicted octanol–water partition coefficient (Wildman–Crippen LogP) is 2.01. The molecule has 1 aromatic rings. The van der Waals surface area contributed by atoms with Gasteiger partial charge in [-0.25, -0.2) is 8.42 Å². The molecule has 0 amide bonds. The zero-order chi connectivity index (χ0) is 14.9. The number of rotatable bonds is 8. The van der Waals surface area contributed by atoms with E-state index in [9.17, 15) is 8.42 Å². The normalized spacial score (nSPS) is 19.1. The van der Waals surface area contributed by atoms with Crippen molar-refractivity contribution in [3.8, 4) is 0 Å². The van der Waals surface area contributed by atoms with Crippen LogP contribution in [0, 0.1) is 5.92 Å². The molecule has 3 rings (SSSR count). The molecular formula is C16H24N2O2S. The monoisotopic (exact) mass is 308 g/mol. The minimum Gasteiger partial charge on any atom is -0.319 e. The van der Waals surface area contributed by atoms with E-state index in [-0.39, 0.29) is 6.04 Å². The van der Waals surface area contributed by atoms with Gasteiger partial charge in [-0.05, 0) is 69.3 Å². The van der Waals surface area contributed by atoms with E-state index in [1.807, 2.05) is 19.2 Å². The van der Waals surface area contributed by atoms with E-state index < -0.39 is 10.0 Å². The van der Waals surface area contributed by atoms with Gasteiger partial charge in [-0.1, -0.05) is 12.1 Å². The first kappa shape index (κ1) is 15.0. The molecule has 0 unspecified atom stereocenters. The van der Waals surface area contributed by atoms with Crippen LogP contribution in [0.1, 0.15) is 31.2 Å². The lowest BCUT2D eigenvalue weighted by Gasteiger charge is -2.22. The molecule has 0 atom stereocenters. The minimum absolute atomic E-state index is 0.250. The summed E-state index contributed by atoms with van der Waals surface area (Å²) in [6.45, 7) is 1.62. The molecule has 1 aromatic carbocycles. The van der Waals surface area contributed by atoms with Crippen molar-refractivity contribution in [1.29, 1.82) is 0 Å². The van der Waals surface area contributed by atoms with Crippen molar-refractivity contribution < 1.29 is 8.42 Å². The molecule has 21 heavy (non-hydrogen) atoms. The number of hydrogen-bond acceptors (Lipinski definition) is 3. The molecule has 116 valence electrons. The number of sulfonamides is 1. The Hall–Kier alpha value is -0.910. The fourth-order valence-corrected chi connectivity index (χ4v) is 4.35. The highest BCUT2D eigenvalue weighted by Crippen LogP contribution is 2.38. The summed E-state index contributed by atoms with van der Waals surface area (Å²) in [6.07, 6.45) is 5.33. The van der Waals surface area contributed by atoms with Gasteiger partial charge in [0.05, 0.1) is 4.90 Å². The quantitative estimate of drug-likeness (QED) is 0.799. The Balaban J connectivity index is 1.75.